The van der Waals surface area contributed by atoms with Crippen LogP contribution in [0.2, 0.25) is 0 Å². The number of rotatable bonds is 0. The van der Waals surface area contributed by atoms with E-state index in [1.54, 1.807) is 18.2 Å². The Balaban J connectivity index is 2.78. The van der Waals surface area contributed by atoms with Crippen LogP contribution < -0.4 is 16.4 Å². The Morgan fingerprint density at radius 1 is 1.27 bits per heavy atom. The van der Waals surface area contributed by atoms with Crippen molar-refractivity contribution >= 4 is 0 Å². The van der Waals surface area contributed by atoms with Crippen molar-refractivity contribution in [3.8, 4) is 5.75 Å². The molecule has 3 N–H and O–H groups in total. The third-order valence-electron chi connectivity index (χ3n) is 1.50. The molecule has 11 heavy (non-hydrogen) atoms. The van der Waals surface area contributed by atoms with Crippen molar-refractivity contribution in [2.45, 2.75) is 6.29 Å². The highest BCUT2D eigenvalue weighted by Crippen LogP contribution is 1.99. The zero-order valence-corrected chi connectivity index (χ0v) is 5.73. The summed E-state index contributed by atoms with van der Waals surface area (Å²) in [7, 11) is 0. The monoisotopic (exact) mass is 149 g/mol. The smallest absolute Gasteiger partial charge is 0.192 e. The van der Waals surface area contributed by atoms with Crippen molar-refractivity contribution in [3.05, 3.63) is 28.9 Å². The lowest BCUT2D eigenvalue weighted by atomic mass is 10.3. The number of phenolic OH excluding ortho intramolecular Hbond substituents is 1. The number of hydrogen-bond donors (Lipinski definition) is 2. The number of nitrogens with zero attached hydrogens (tertiary/aromatic N) is 2. The van der Waals surface area contributed by atoms with E-state index in [1.807, 2.05) is 0 Å². The van der Waals surface area contributed by atoms with E-state index in [0.717, 1.165) is 5.36 Å². The van der Waals surface area contributed by atoms with Crippen LogP contribution in [-0.2, 0) is 0 Å². The molecule has 4 nitrogen and oxygen atoms in total. The fourth-order valence-corrected chi connectivity index (χ4v) is 1.04. The Morgan fingerprint density at radius 2 is 2.00 bits per heavy atom. The summed E-state index contributed by atoms with van der Waals surface area (Å²) in [5.74, 6) is 0.191. The summed E-state index contributed by atoms with van der Waals surface area (Å²) in [6.45, 7) is 0. The van der Waals surface area contributed by atoms with Gasteiger partial charge in [-0.2, -0.15) is 0 Å². The summed E-state index contributed by atoms with van der Waals surface area (Å²) in [6.07, 6.45) is -0.494. The molecule has 1 aliphatic heterocycles. The molecule has 0 spiro atoms. The maximum absolute atomic E-state index is 9.04. The molecular weight excluding hydrogens is 142 g/mol. The van der Waals surface area contributed by atoms with Gasteiger partial charge in [-0.15, -0.1) is 0 Å². The maximum atomic E-state index is 9.04. The van der Waals surface area contributed by atoms with Crippen molar-refractivity contribution in [2.24, 2.45) is 15.7 Å². The number of benzene rings is 1. The molecule has 0 aromatic heterocycles. The maximum Gasteiger partial charge on any atom is 0.192 e. The van der Waals surface area contributed by atoms with E-state index < -0.39 is 6.29 Å². The molecule has 1 unspecified atom stereocenters. The SMILES string of the molecule is NC1N=c2ccc(O)cc2=N1. The summed E-state index contributed by atoms with van der Waals surface area (Å²) >= 11 is 0. The quantitative estimate of drug-likeness (QED) is 0.491. The Labute approximate surface area is 62.7 Å². The molecule has 2 rings (SSSR count). The minimum absolute atomic E-state index is 0.191. The lowest BCUT2D eigenvalue weighted by Gasteiger charge is -1.86. The van der Waals surface area contributed by atoms with Gasteiger partial charge >= 0.3 is 0 Å². The molecule has 1 atom stereocenters. The second kappa shape index (κ2) is 2.03. The molecule has 0 aliphatic carbocycles. The highest BCUT2D eigenvalue weighted by molar-refractivity contribution is 5.19. The minimum atomic E-state index is -0.494. The molecule has 56 valence electrons. The van der Waals surface area contributed by atoms with Gasteiger partial charge in [0.05, 0.1) is 10.7 Å². The van der Waals surface area contributed by atoms with E-state index in [4.69, 9.17) is 10.8 Å². The lowest BCUT2D eigenvalue weighted by molar-refractivity contribution is 0.474. The number of phenols is 1. The Morgan fingerprint density at radius 3 is 2.82 bits per heavy atom. The first-order chi connectivity index (χ1) is 5.25. The molecule has 4 heteroatoms. The Bertz CT molecular complexity index is 399. The number of fused-ring (bicyclic) bond motifs is 1. The minimum Gasteiger partial charge on any atom is -0.508 e. The molecule has 1 heterocycles. The van der Waals surface area contributed by atoms with Gasteiger partial charge in [0, 0.05) is 6.07 Å². The predicted molar refractivity (Wildman–Crippen MR) is 38.4 cm³/mol. The third-order valence-corrected chi connectivity index (χ3v) is 1.50. The summed E-state index contributed by atoms with van der Waals surface area (Å²) in [5.41, 5.74) is 5.42. The molecule has 0 radical (unpaired) electrons. The molecule has 0 fully saturated rings. The van der Waals surface area contributed by atoms with Crippen LogP contribution in [0.25, 0.3) is 0 Å². The van der Waals surface area contributed by atoms with E-state index in [0.29, 0.717) is 5.36 Å². The number of nitrogens with two attached hydrogens (primary N) is 1. The summed E-state index contributed by atoms with van der Waals surface area (Å²) in [5, 5.41) is 10.5. The van der Waals surface area contributed by atoms with Crippen molar-refractivity contribution in [1.82, 2.24) is 0 Å². The second-order valence-electron chi connectivity index (χ2n) is 2.34. The molecular formula is C7H7N3O. The largest absolute Gasteiger partial charge is 0.508 e. The highest BCUT2D eigenvalue weighted by atomic mass is 16.3. The average Bonchev–Trinajstić information content (AvgIpc) is 2.27. The summed E-state index contributed by atoms with van der Waals surface area (Å²) in [4.78, 5) is 7.96. The number of aromatic hydroxyl groups is 1. The van der Waals surface area contributed by atoms with E-state index in [-0.39, 0.29) is 5.75 Å². The van der Waals surface area contributed by atoms with Gasteiger partial charge in [0.25, 0.3) is 0 Å². The van der Waals surface area contributed by atoms with Crippen molar-refractivity contribution in [3.63, 3.8) is 0 Å². The van der Waals surface area contributed by atoms with Gasteiger partial charge < -0.3 is 5.11 Å². The highest BCUT2D eigenvalue weighted by Gasteiger charge is 2.03. The van der Waals surface area contributed by atoms with Gasteiger partial charge in [0.15, 0.2) is 6.29 Å². The van der Waals surface area contributed by atoms with Gasteiger partial charge in [0.1, 0.15) is 5.75 Å². The van der Waals surface area contributed by atoms with Crippen LogP contribution in [0.3, 0.4) is 0 Å². The average molecular weight is 149 g/mol. The molecule has 0 saturated heterocycles. The predicted octanol–water partition coefficient (Wildman–Crippen LogP) is -1.11. The normalized spacial score (nSPS) is 20.3. The molecule has 1 aromatic carbocycles. The Kier molecular flexibility index (Phi) is 1.16. The molecule has 0 bridgehead atoms. The van der Waals surface area contributed by atoms with Crippen LogP contribution in [0.4, 0.5) is 0 Å². The fourth-order valence-electron chi connectivity index (χ4n) is 1.04. The van der Waals surface area contributed by atoms with Gasteiger partial charge in [0.2, 0.25) is 0 Å². The Hall–Kier alpha value is -1.42. The van der Waals surface area contributed by atoms with Gasteiger partial charge in [-0.3, -0.25) is 5.73 Å². The van der Waals surface area contributed by atoms with Crippen LogP contribution in [0.1, 0.15) is 0 Å². The zero-order valence-electron chi connectivity index (χ0n) is 5.73. The molecule has 0 saturated carbocycles. The molecule has 1 aliphatic rings. The summed E-state index contributed by atoms with van der Waals surface area (Å²) in [6, 6.07) is 4.81. The van der Waals surface area contributed by atoms with Crippen LogP contribution in [0.15, 0.2) is 28.2 Å². The van der Waals surface area contributed by atoms with Crippen LogP contribution >= 0.6 is 0 Å². The first-order valence-electron chi connectivity index (χ1n) is 3.26. The first kappa shape index (κ1) is 6.30. The fraction of sp³-hybridized carbons (Fsp3) is 0.143. The third kappa shape index (κ3) is 0.969. The van der Waals surface area contributed by atoms with Crippen LogP contribution in [0.5, 0.6) is 5.75 Å². The van der Waals surface area contributed by atoms with E-state index in [1.165, 1.54) is 0 Å². The lowest BCUT2D eigenvalue weighted by Crippen LogP contribution is -2.20. The molecule has 0 amide bonds. The van der Waals surface area contributed by atoms with E-state index >= 15 is 0 Å². The molecule has 1 aromatic rings. The second-order valence-corrected chi connectivity index (χ2v) is 2.34. The van der Waals surface area contributed by atoms with Gasteiger partial charge in [-0.1, -0.05) is 0 Å². The number of hydrogen-bond acceptors (Lipinski definition) is 4. The van der Waals surface area contributed by atoms with Gasteiger partial charge in [-0.25, -0.2) is 9.98 Å². The van der Waals surface area contributed by atoms with E-state index in [2.05, 4.69) is 9.98 Å². The topological polar surface area (TPSA) is 71.0 Å². The van der Waals surface area contributed by atoms with Gasteiger partial charge in [-0.05, 0) is 12.1 Å². The van der Waals surface area contributed by atoms with E-state index in [9.17, 15) is 0 Å². The van der Waals surface area contributed by atoms with Crippen LogP contribution in [0, 0.1) is 0 Å². The first-order valence-corrected chi connectivity index (χ1v) is 3.26. The zero-order chi connectivity index (χ0) is 7.84. The van der Waals surface area contributed by atoms with Crippen LogP contribution in [-0.4, -0.2) is 11.4 Å². The summed E-state index contributed by atoms with van der Waals surface area (Å²) < 4.78 is 0. The van der Waals surface area contributed by atoms with Crippen molar-refractivity contribution < 1.29 is 5.11 Å². The van der Waals surface area contributed by atoms with Crippen molar-refractivity contribution in [1.29, 1.82) is 0 Å². The standard InChI is InChI=1S/C7H7N3O/c8-7-9-5-2-1-4(11)3-6(5)10-7/h1-3,7,11H,8H2. The van der Waals surface area contributed by atoms with Crippen molar-refractivity contribution in [2.75, 3.05) is 0 Å².